The smallest absolute Gasteiger partial charge is 0.143 e. The van der Waals surface area contributed by atoms with Crippen molar-refractivity contribution in [1.29, 1.82) is 0 Å². The van der Waals surface area contributed by atoms with Crippen LogP contribution in [-0.2, 0) is 27.1 Å². The van der Waals surface area contributed by atoms with Crippen LogP contribution in [0.5, 0.6) is 0 Å². The lowest BCUT2D eigenvalue weighted by Gasteiger charge is -2.34. The SMILES string of the molecule is CC(C)(C)c1ccc2c(c1)C1(c3ccccc3-c3ccc(N(c4ccccc4-c4ccccc4)c4ccccc4-c4cccc5c4-c4cc6cc(-c7ccc8c(ccc9c8oc8cccc(-c%10ccccc%10N(c%10ccccc%10-c%10ccccc%10)c%10ccccc%10-c%10cccc%11c%10-c%10c(ccc%12ccccc%10%12)C%11(C)C)c89)c7)ccc6cc4C5(C)C)cc31)c1cc(C(C)(C)C)ccc1-2. The zero-order valence-electron chi connectivity index (χ0n) is 76.1. The summed E-state index contributed by atoms with van der Waals surface area (Å²) in [6, 6.07) is 157. The fourth-order valence-electron chi connectivity index (χ4n) is 23.5. The zero-order chi connectivity index (χ0) is 89.0. The van der Waals surface area contributed by atoms with Crippen LogP contribution < -0.4 is 9.80 Å². The number of rotatable bonds is 12. The van der Waals surface area contributed by atoms with Crippen LogP contribution in [0.25, 0.3) is 166 Å². The molecule has 0 N–H and O–H groups in total. The molecule has 0 amide bonds. The lowest BCUT2D eigenvalue weighted by atomic mass is 9.68. The van der Waals surface area contributed by atoms with Gasteiger partial charge in [-0.25, -0.2) is 0 Å². The van der Waals surface area contributed by atoms with Crippen LogP contribution in [0, 0.1) is 0 Å². The number of fused-ring (bicyclic) bond motifs is 24. The lowest BCUT2D eigenvalue weighted by molar-refractivity contribution is 0.586. The third-order valence-electron chi connectivity index (χ3n) is 30.0. The zero-order valence-corrected chi connectivity index (χ0v) is 76.1. The molecule has 1 aromatic heterocycles. The summed E-state index contributed by atoms with van der Waals surface area (Å²) < 4.78 is 7.27. The van der Waals surface area contributed by atoms with Gasteiger partial charge in [0.05, 0.1) is 33.9 Å². The number of hydrogen-bond donors (Lipinski definition) is 0. The van der Waals surface area contributed by atoms with Crippen molar-refractivity contribution in [1.82, 2.24) is 0 Å². The third-order valence-corrected chi connectivity index (χ3v) is 30.0. The van der Waals surface area contributed by atoms with Crippen molar-refractivity contribution in [3.8, 4) is 111 Å². The summed E-state index contributed by atoms with van der Waals surface area (Å²) in [7, 11) is 0. The highest BCUT2D eigenvalue weighted by Gasteiger charge is 2.53. The predicted molar refractivity (Wildman–Crippen MR) is 557 cm³/mol. The third kappa shape index (κ3) is 11.8. The number of anilines is 6. The molecule has 4 aliphatic rings. The van der Waals surface area contributed by atoms with Crippen molar-refractivity contribution in [2.24, 2.45) is 0 Å². The van der Waals surface area contributed by atoms with Gasteiger partial charge in [-0.05, 0) is 262 Å². The highest BCUT2D eigenvalue weighted by atomic mass is 16.3. The van der Waals surface area contributed by atoms with E-state index in [1.165, 1.54) is 133 Å². The lowest BCUT2D eigenvalue weighted by Crippen LogP contribution is -2.27. The molecule has 0 bridgehead atoms. The van der Waals surface area contributed by atoms with E-state index in [2.05, 4.69) is 492 Å². The highest BCUT2D eigenvalue weighted by Crippen LogP contribution is 2.66. The first-order valence-corrected chi connectivity index (χ1v) is 46.8. The van der Waals surface area contributed by atoms with E-state index in [1.54, 1.807) is 0 Å². The predicted octanol–water partition coefficient (Wildman–Crippen LogP) is 35.5. The molecule has 0 saturated carbocycles. The van der Waals surface area contributed by atoms with Gasteiger partial charge in [0.2, 0.25) is 0 Å². The van der Waals surface area contributed by atoms with Gasteiger partial charge in [-0.2, -0.15) is 0 Å². The Morgan fingerprint density at radius 3 is 1.27 bits per heavy atom. The molecule has 20 aromatic carbocycles. The fraction of sp³-hybridized carbons (Fsp3) is 0.116. The van der Waals surface area contributed by atoms with Gasteiger partial charge in [0.25, 0.3) is 0 Å². The summed E-state index contributed by atoms with van der Waals surface area (Å²) in [5, 5.41) is 9.28. The molecule has 132 heavy (non-hydrogen) atoms. The quantitative estimate of drug-likeness (QED) is 0.122. The molecule has 0 unspecified atom stereocenters. The Morgan fingerprint density at radius 1 is 0.220 bits per heavy atom. The van der Waals surface area contributed by atoms with E-state index in [9.17, 15) is 0 Å². The largest absolute Gasteiger partial charge is 0.455 e. The van der Waals surface area contributed by atoms with E-state index in [0.29, 0.717) is 0 Å². The molecule has 21 aromatic rings. The second kappa shape index (κ2) is 29.3. The molecule has 0 aliphatic heterocycles. The fourth-order valence-corrected chi connectivity index (χ4v) is 23.5. The van der Waals surface area contributed by atoms with E-state index in [-0.39, 0.29) is 21.7 Å². The summed E-state index contributed by atoms with van der Waals surface area (Å²) in [6.07, 6.45) is 0. The highest BCUT2D eigenvalue weighted by molar-refractivity contribution is 6.21. The second-order valence-electron chi connectivity index (χ2n) is 40.1. The van der Waals surface area contributed by atoms with Gasteiger partial charge in [-0.3, -0.25) is 0 Å². The minimum absolute atomic E-state index is 0.0820. The minimum Gasteiger partial charge on any atom is -0.455 e. The molecule has 3 heteroatoms. The molecule has 0 saturated heterocycles. The summed E-state index contributed by atoms with van der Waals surface area (Å²) in [5.74, 6) is 0. The van der Waals surface area contributed by atoms with Gasteiger partial charge in [-0.1, -0.05) is 397 Å². The van der Waals surface area contributed by atoms with E-state index in [4.69, 9.17) is 4.42 Å². The standard InChI is InChI=1S/C129H98N2O/c1-125(2,3)87-63-68-95-96-69-64-88(126(4,5)6)77-112(96)129(111(95)76-87)106-49-25-19-42-94(106)97-70-65-89(78-113(97)129)130(114-52-26-20-39-90(114)79-34-13-11-14-35-79)116-54-28-22-43-98(116)101-46-31-50-107-120(101)105-74-86-73-82(58-59-84(86)75-110(105)128(107,9)10)83-60-66-93-85(72-83)61-67-104-121-102(48-33-57-119(121)132-124(93)104)99-44-23-29-55-117(99)131(115-53-27-21-40-91(115)80-36-15-12-16-37-80)118-56-30-24-45-100(118)103-47-32-51-108-123(103)122-92-41-18-17-38-81(92)62-71-109(122)127(108,7)8/h11-78H,1-10H3. The van der Waals surface area contributed by atoms with Crippen LogP contribution in [0.2, 0.25) is 0 Å². The second-order valence-corrected chi connectivity index (χ2v) is 40.1. The Labute approximate surface area is 772 Å². The van der Waals surface area contributed by atoms with Crippen LogP contribution in [0.4, 0.5) is 34.1 Å². The molecule has 1 heterocycles. The van der Waals surface area contributed by atoms with Gasteiger partial charge < -0.3 is 14.2 Å². The number of benzene rings is 20. The molecular weight excluding hydrogens is 1590 g/mol. The van der Waals surface area contributed by atoms with Gasteiger partial charge in [0, 0.05) is 60.5 Å². The van der Waals surface area contributed by atoms with Gasteiger partial charge in [-0.15, -0.1) is 0 Å². The summed E-state index contributed by atoms with van der Waals surface area (Å²) in [6.45, 7) is 23.8. The Bertz CT molecular complexity index is 8360. The molecule has 3 nitrogen and oxygen atoms in total. The van der Waals surface area contributed by atoms with Gasteiger partial charge in [0.15, 0.2) is 0 Å². The average molecular weight is 1690 g/mol. The van der Waals surface area contributed by atoms with E-state index >= 15 is 0 Å². The molecule has 4 aliphatic carbocycles. The van der Waals surface area contributed by atoms with Crippen molar-refractivity contribution in [2.75, 3.05) is 9.80 Å². The molecule has 0 fully saturated rings. The molecule has 0 atom stereocenters. The van der Waals surface area contributed by atoms with Crippen LogP contribution >= 0.6 is 0 Å². The average Bonchev–Trinajstić information content (AvgIpc) is 1.50. The minimum atomic E-state index is -0.608. The van der Waals surface area contributed by atoms with E-state index in [0.717, 1.165) is 122 Å². The Hall–Kier alpha value is -15.4. The Kier molecular flexibility index (Phi) is 17.5. The summed E-state index contributed by atoms with van der Waals surface area (Å²) >= 11 is 0. The van der Waals surface area contributed by atoms with Crippen molar-refractivity contribution in [3.05, 3.63) is 468 Å². The van der Waals surface area contributed by atoms with Crippen molar-refractivity contribution < 1.29 is 4.42 Å². The number of para-hydroxylation sites is 5. The van der Waals surface area contributed by atoms with E-state index in [1.807, 2.05) is 0 Å². The number of furan rings is 1. The first kappa shape index (κ1) is 78.8. The number of nitrogens with zero attached hydrogens (tertiary/aromatic N) is 2. The topological polar surface area (TPSA) is 19.6 Å². The first-order valence-electron chi connectivity index (χ1n) is 46.8. The van der Waals surface area contributed by atoms with Crippen molar-refractivity contribution in [2.45, 2.75) is 96.3 Å². The molecule has 630 valence electrons. The van der Waals surface area contributed by atoms with E-state index < -0.39 is 5.41 Å². The van der Waals surface area contributed by atoms with Crippen LogP contribution in [0.3, 0.4) is 0 Å². The molecule has 0 radical (unpaired) electrons. The van der Waals surface area contributed by atoms with Crippen LogP contribution in [0.1, 0.15) is 125 Å². The molecule has 1 spiro atoms. The maximum Gasteiger partial charge on any atom is 0.143 e. The Morgan fingerprint density at radius 2 is 0.644 bits per heavy atom. The molecule has 25 rings (SSSR count). The summed E-state index contributed by atoms with van der Waals surface area (Å²) in [4.78, 5) is 5.13. The molecular formula is C129H98N2O. The van der Waals surface area contributed by atoms with Gasteiger partial charge in [0.1, 0.15) is 11.2 Å². The van der Waals surface area contributed by atoms with Crippen LogP contribution in [0.15, 0.2) is 417 Å². The normalized spacial score (nSPS) is 13.9. The first-order chi connectivity index (χ1) is 64.3. The van der Waals surface area contributed by atoms with Gasteiger partial charge >= 0.3 is 0 Å². The number of hydrogen-bond acceptors (Lipinski definition) is 3. The monoisotopic (exact) mass is 1690 g/mol. The maximum absolute atomic E-state index is 7.27. The maximum atomic E-state index is 7.27. The van der Waals surface area contributed by atoms with Crippen molar-refractivity contribution >= 4 is 88.4 Å². The Balaban J connectivity index is 0.609. The summed E-state index contributed by atoms with van der Waals surface area (Å²) in [5.41, 5.74) is 44.4. The van der Waals surface area contributed by atoms with Crippen molar-refractivity contribution in [3.63, 3.8) is 0 Å². The van der Waals surface area contributed by atoms with Crippen LogP contribution in [-0.4, -0.2) is 0 Å².